The maximum Gasteiger partial charge on any atom is 0.406 e. The van der Waals surface area contributed by atoms with Gasteiger partial charge >= 0.3 is 6.18 Å². The fraction of sp³-hybridized carbons (Fsp3) is 0.625. The molecule has 1 atom stereocenters. The largest absolute Gasteiger partial charge is 0.406 e. The van der Waals surface area contributed by atoms with E-state index in [2.05, 4.69) is 5.32 Å². The first-order chi connectivity index (χ1) is 6.40. The molecule has 1 heterocycles. The number of carbonyl (C=O) groups is 1. The van der Waals surface area contributed by atoms with Crippen molar-refractivity contribution in [2.75, 3.05) is 20.1 Å². The Morgan fingerprint density at radius 1 is 1.60 bits per heavy atom. The van der Waals surface area contributed by atoms with Crippen molar-refractivity contribution in [2.45, 2.75) is 12.2 Å². The highest BCUT2D eigenvalue weighted by Crippen LogP contribution is 2.16. The van der Waals surface area contributed by atoms with Gasteiger partial charge in [-0.15, -0.1) is 12.4 Å². The highest BCUT2D eigenvalue weighted by atomic mass is 35.5. The average molecular weight is 245 g/mol. The topological polar surface area (TPSA) is 32.3 Å². The summed E-state index contributed by atoms with van der Waals surface area (Å²) in [6, 6.07) is -0.609. The van der Waals surface area contributed by atoms with Gasteiger partial charge in [-0.25, -0.2) is 0 Å². The molecule has 1 amide bonds. The van der Waals surface area contributed by atoms with E-state index in [1.165, 1.54) is 0 Å². The molecule has 1 aliphatic rings. The number of nitrogens with zero attached hydrogens (tertiary/aromatic N) is 1. The monoisotopic (exact) mass is 244 g/mol. The van der Waals surface area contributed by atoms with E-state index in [9.17, 15) is 18.0 Å². The Hall–Kier alpha value is -0.750. The van der Waals surface area contributed by atoms with E-state index in [4.69, 9.17) is 0 Å². The van der Waals surface area contributed by atoms with Crippen LogP contribution in [0.4, 0.5) is 13.2 Å². The van der Waals surface area contributed by atoms with Crippen LogP contribution >= 0.6 is 12.4 Å². The minimum Gasteiger partial charge on any atom is -0.335 e. The van der Waals surface area contributed by atoms with Crippen molar-refractivity contribution in [1.82, 2.24) is 10.2 Å². The SMILES string of the molecule is CN(CC(F)(F)F)C(=O)C1C=CCN1.Cl. The summed E-state index contributed by atoms with van der Waals surface area (Å²) in [5.74, 6) is -0.559. The molecule has 0 radical (unpaired) electrons. The highest BCUT2D eigenvalue weighted by molar-refractivity contribution is 5.85. The molecule has 0 fully saturated rings. The van der Waals surface area contributed by atoms with E-state index in [1.807, 2.05) is 0 Å². The van der Waals surface area contributed by atoms with Crippen LogP contribution in [0.15, 0.2) is 12.2 Å². The van der Waals surface area contributed by atoms with Crippen molar-refractivity contribution in [1.29, 1.82) is 0 Å². The van der Waals surface area contributed by atoms with Gasteiger partial charge in [0.25, 0.3) is 0 Å². The van der Waals surface area contributed by atoms with Crippen LogP contribution < -0.4 is 5.32 Å². The molecule has 1 N–H and O–H groups in total. The van der Waals surface area contributed by atoms with E-state index >= 15 is 0 Å². The molecule has 1 unspecified atom stereocenters. The third-order valence-electron chi connectivity index (χ3n) is 1.84. The van der Waals surface area contributed by atoms with Gasteiger partial charge in [0.05, 0.1) is 0 Å². The number of nitrogens with one attached hydrogen (secondary N) is 1. The zero-order valence-electron chi connectivity index (χ0n) is 8.04. The summed E-state index contributed by atoms with van der Waals surface area (Å²) in [6.07, 6.45) is -1.06. The second-order valence-corrected chi connectivity index (χ2v) is 3.12. The summed E-state index contributed by atoms with van der Waals surface area (Å²) < 4.78 is 35.8. The first-order valence-electron chi connectivity index (χ1n) is 4.12. The van der Waals surface area contributed by atoms with Crippen molar-refractivity contribution >= 4 is 18.3 Å². The second kappa shape index (κ2) is 5.37. The Morgan fingerprint density at radius 2 is 2.20 bits per heavy atom. The van der Waals surface area contributed by atoms with Gasteiger partial charge in [-0.1, -0.05) is 12.2 Å². The zero-order chi connectivity index (χ0) is 10.8. The predicted molar refractivity (Wildman–Crippen MR) is 51.9 cm³/mol. The molecule has 7 heteroatoms. The van der Waals surface area contributed by atoms with Crippen molar-refractivity contribution in [3.05, 3.63) is 12.2 Å². The number of alkyl halides is 3. The molecule has 0 aromatic carbocycles. The van der Waals surface area contributed by atoms with Gasteiger partial charge in [0, 0.05) is 13.6 Å². The van der Waals surface area contributed by atoms with Crippen molar-refractivity contribution < 1.29 is 18.0 Å². The fourth-order valence-electron chi connectivity index (χ4n) is 1.22. The summed E-state index contributed by atoms with van der Waals surface area (Å²) in [5.41, 5.74) is 0. The smallest absolute Gasteiger partial charge is 0.335 e. The Bertz CT molecular complexity index is 255. The summed E-state index contributed by atoms with van der Waals surface area (Å²) in [7, 11) is 1.14. The lowest BCUT2D eigenvalue weighted by molar-refractivity contribution is -0.158. The molecule has 0 saturated heterocycles. The number of amides is 1. The lowest BCUT2D eigenvalue weighted by Gasteiger charge is -2.21. The second-order valence-electron chi connectivity index (χ2n) is 3.12. The summed E-state index contributed by atoms with van der Waals surface area (Å²) >= 11 is 0. The average Bonchev–Trinajstić information content (AvgIpc) is 2.51. The fourth-order valence-corrected chi connectivity index (χ4v) is 1.22. The molecule has 0 spiro atoms. The van der Waals surface area contributed by atoms with E-state index in [1.54, 1.807) is 12.2 Å². The van der Waals surface area contributed by atoms with E-state index in [0.717, 1.165) is 7.05 Å². The van der Waals surface area contributed by atoms with Crippen LogP contribution in [0.5, 0.6) is 0 Å². The number of carbonyl (C=O) groups excluding carboxylic acids is 1. The normalized spacial score (nSPS) is 19.9. The number of likely N-dealkylation sites (N-methyl/N-ethyl adjacent to an activating group) is 1. The zero-order valence-corrected chi connectivity index (χ0v) is 8.86. The van der Waals surface area contributed by atoms with E-state index < -0.39 is 24.7 Å². The van der Waals surface area contributed by atoms with Gasteiger partial charge < -0.3 is 4.90 Å². The third-order valence-corrected chi connectivity index (χ3v) is 1.84. The number of halogens is 4. The Balaban J connectivity index is 0.00000196. The third kappa shape index (κ3) is 4.53. The Morgan fingerprint density at radius 3 is 2.60 bits per heavy atom. The van der Waals surface area contributed by atoms with Crippen LogP contribution in [-0.2, 0) is 4.79 Å². The molecule has 0 saturated carbocycles. The van der Waals surface area contributed by atoms with Gasteiger partial charge in [0.2, 0.25) is 5.91 Å². The quantitative estimate of drug-likeness (QED) is 0.734. The first-order valence-corrected chi connectivity index (χ1v) is 4.12. The van der Waals surface area contributed by atoms with Gasteiger partial charge in [0.1, 0.15) is 12.6 Å². The van der Waals surface area contributed by atoms with Crippen LogP contribution in [0.25, 0.3) is 0 Å². The molecular weight excluding hydrogens is 233 g/mol. The number of hydrogen-bond acceptors (Lipinski definition) is 2. The van der Waals surface area contributed by atoms with E-state index in [-0.39, 0.29) is 12.4 Å². The standard InChI is InChI=1S/C8H11F3N2O.ClH/c1-13(5-8(9,10)11)7(14)6-3-2-4-12-6;/h2-3,6,12H,4-5H2,1H3;1H. The maximum atomic E-state index is 11.9. The molecule has 0 aromatic heterocycles. The molecule has 3 nitrogen and oxygen atoms in total. The van der Waals surface area contributed by atoms with Crippen LogP contribution in [0.1, 0.15) is 0 Å². The molecule has 15 heavy (non-hydrogen) atoms. The Labute approximate surface area is 91.7 Å². The molecule has 0 aliphatic carbocycles. The van der Waals surface area contributed by atoms with Gasteiger partial charge in [-0.05, 0) is 0 Å². The number of rotatable bonds is 2. The number of hydrogen-bond donors (Lipinski definition) is 1. The van der Waals surface area contributed by atoms with Crippen molar-refractivity contribution in [3.8, 4) is 0 Å². The van der Waals surface area contributed by atoms with Gasteiger partial charge in [-0.2, -0.15) is 13.2 Å². The Kier molecular flexibility index (Phi) is 5.10. The van der Waals surface area contributed by atoms with Crippen molar-refractivity contribution in [2.24, 2.45) is 0 Å². The molecule has 1 aliphatic heterocycles. The predicted octanol–water partition coefficient (Wildman–Crippen LogP) is 0.957. The van der Waals surface area contributed by atoms with Crippen LogP contribution in [0.2, 0.25) is 0 Å². The lowest BCUT2D eigenvalue weighted by Crippen LogP contribution is -2.45. The maximum absolute atomic E-state index is 11.9. The molecule has 1 rings (SSSR count). The lowest BCUT2D eigenvalue weighted by atomic mass is 10.3. The molecule has 0 bridgehead atoms. The van der Waals surface area contributed by atoms with Crippen molar-refractivity contribution in [3.63, 3.8) is 0 Å². The van der Waals surface area contributed by atoms with Crippen LogP contribution in [0.3, 0.4) is 0 Å². The highest BCUT2D eigenvalue weighted by Gasteiger charge is 2.33. The minimum atomic E-state index is -4.34. The molecule has 88 valence electrons. The molecule has 0 aromatic rings. The summed E-state index contributed by atoms with van der Waals surface area (Å²) in [6.45, 7) is -0.686. The molecular formula is C8H12ClF3N2O. The van der Waals surface area contributed by atoms with E-state index in [0.29, 0.717) is 11.4 Å². The minimum absolute atomic E-state index is 0. The van der Waals surface area contributed by atoms with Gasteiger partial charge in [-0.3, -0.25) is 10.1 Å². The van der Waals surface area contributed by atoms with Crippen LogP contribution in [-0.4, -0.2) is 43.2 Å². The van der Waals surface area contributed by atoms with Crippen LogP contribution in [0, 0.1) is 0 Å². The summed E-state index contributed by atoms with van der Waals surface area (Å²) in [4.78, 5) is 12.0. The summed E-state index contributed by atoms with van der Waals surface area (Å²) in [5, 5.41) is 2.75. The van der Waals surface area contributed by atoms with Gasteiger partial charge in [0.15, 0.2) is 0 Å². The first kappa shape index (κ1) is 14.2.